The Balaban J connectivity index is 2.30. The van der Waals surface area contributed by atoms with Crippen LogP contribution in [0.1, 0.15) is 12.5 Å². The Morgan fingerprint density at radius 2 is 1.57 bits per heavy atom. The summed E-state index contributed by atoms with van der Waals surface area (Å²) >= 11 is 2.29. The van der Waals surface area contributed by atoms with Crippen LogP contribution in [0.25, 0.3) is 5.57 Å². The van der Waals surface area contributed by atoms with E-state index < -0.39 is 17.1 Å². The lowest BCUT2D eigenvalue weighted by Gasteiger charge is -2.19. The van der Waals surface area contributed by atoms with Gasteiger partial charge in [0, 0.05) is 10.6 Å². The van der Waals surface area contributed by atoms with Crippen LogP contribution >= 0.6 is 23.5 Å². The third-order valence-electron chi connectivity index (χ3n) is 5.67. The van der Waals surface area contributed by atoms with Gasteiger partial charge in [-0.2, -0.15) is 15.8 Å². The smallest absolute Gasteiger partial charge is 0.351 e. The topological polar surface area (TPSA) is 136 Å². The number of allylic oxidation sites excluding steroid dienone is 3. The van der Waals surface area contributed by atoms with E-state index in [1.54, 1.807) is 61.7 Å². The summed E-state index contributed by atoms with van der Waals surface area (Å²) in [5, 5.41) is 28.1. The summed E-state index contributed by atoms with van der Waals surface area (Å²) in [5.74, 6) is -0.0933. The Bertz CT molecular complexity index is 1490. The van der Waals surface area contributed by atoms with Gasteiger partial charge in [0.05, 0.1) is 20.8 Å². The zero-order valence-corrected chi connectivity index (χ0v) is 23.8. The summed E-state index contributed by atoms with van der Waals surface area (Å²) in [6, 6.07) is 19.2. The maximum absolute atomic E-state index is 14.1. The summed E-state index contributed by atoms with van der Waals surface area (Å²) < 4.78 is 15.6. The van der Waals surface area contributed by atoms with Crippen LogP contribution in [-0.2, 0) is 14.3 Å². The van der Waals surface area contributed by atoms with E-state index in [2.05, 4.69) is 0 Å². The van der Waals surface area contributed by atoms with Gasteiger partial charge in [0.2, 0.25) is 0 Å². The molecule has 1 fully saturated rings. The Kier molecular flexibility index (Phi) is 10.4. The Labute approximate surface area is 240 Å². The van der Waals surface area contributed by atoms with Crippen molar-refractivity contribution in [2.45, 2.75) is 12.2 Å². The standard InChI is InChI=1S/C29H24N4O5S2/c1-5-38-29(35)24(17-32)28-33(20-8-12-22(37-3)13-9-20)27(34)26(40-28)25(39-4)23(14-18(15-30)16-31)19-6-10-21(36-2)11-7-19/h6-14,26H,5H2,1-4H3. The quantitative estimate of drug-likeness (QED) is 0.171. The maximum Gasteiger partial charge on any atom is 0.351 e. The second kappa shape index (κ2) is 14.0. The monoisotopic (exact) mass is 572 g/mol. The van der Waals surface area contributed by atoms with Gasteiger partial charge in [-0.25, -0.2) is 4.79 Å². The average molecular weight is 573 g/mol. The molecule has 1 amide bonds. The molecule has 1 atom stereocenters. The van der Waals surface area contributed by atoms with Crippen molar-refractivity contribution in [1.82, 2.24) is 0 Å². The van der Waals surface area contributed by atoms with Gasteiger partial charge in [0.1, 0.15) is 45.6 Å². The minimum atomic E-state index is -0.906. The molecule has 0 radical (unpaired) electrons. The first-order valence-electron chi connectivity index (χ1n) is 11.8. The molecule has 0 aliphatic carbocycles. The van der Waals surface area contributed by atoms with Crippen LogP contribution in [0.5, 0.6) is 11.5 Å². The molecule has 0 saturated carbocycles. The predicted octanol–water partition coefficient (Wildman–Crippen LogP) is 5.20. The molecule has 11 heteroatoms. The van der Waals surface area contributed by atoms with Gasteiger partial charge in [-0.3, -0.25) is 9.69 Å². The second-order valence-electron chi connectivity index (χ2n) is 7.87. The van der Waals surface area contributed by atoms with Gasteiger partial charge in [-0.1, -0.05) is 23.9 Å². The molecule has 0 bridgehead atoms. The zero-order chi connectivity index (χ0) is 29.2. The number of nitrogens with zero attached hydrogens (tertiary/aromatic N) is 4. The van der Waals surface area contributed by atoms with Crippen molar-refractivity contribution in [3.8, 4) is 29.7 Å². The number of benzene rings is 2. The normalized spacial score (nSPS) is 16.1. The molecular weight excluding hydrogens is 548 g/mol. The van der Waals surface area contributed by atoms with Gasteiger partial charge in [0.15, 0.2) is 5.57 Å². The molecule has 1 heterocycles. The number of carbonyl (C=O) groups is 2. The zero-order valence-electron chi connectivity index (χ0n) is 22.1. The molecule has 1 aliphatic rings. The summed E-state index contributed by atoms with van der Waals surface area (Å²) in [5.41, 5.74) is 1.07. The van der Waals surface area contributed by atoms with E-state index in [9.17, 15) is 25.4 Å². The molecule has 1 saturated heterocycles. The second-order valence-corrected chi connectivity index (χ2v) is 9.82. The molecule has 9 nitrogen and oxygen atoms in total. The number of hydrogen-bond donors (Lipinski definition) is 0. The Hall–Kier alpha value is -4.63. The molecule has 2 aromatic carbocycles. The number of rotatable bonds is 9. The van der Waals surface area contributed by atoms with Crippen molar-refractivity contribution in [2.75, 3.05) is 32.0 Å². The lowest BCUT2D eigenvalue weighted by atomic mass is 10.0. The molecule has 0 spiro atoms. The highest BCUT2D eigenvalue weighted by Gasteiger charge is 2.43. The average Bonchev–Trinajstić information content (AvgIpc) is 3.31. The third kappa shape index (κ3) is 6.32. The fourth-order valence-corrected chi connectivity index (χ4v) is 6.14. The van der Waals surface area contributed by atoms with E-state index in [4.69, 9.17) is 14.2 Å². The van der Waals surface area contributed by atoms with Gasteiger partial charge in [-0.15, -0.1) is 11.8 Å². The molecule has 0 N–H and O–H groups in total. The molecular formula is C29H24N4O5S2. The van der Waals surface area contributed by atoms with E-state index in [-0.39, 0.29) is 22.8 Å². The summed E-state index contributed by atoms with van der Waals surface area (Å²) in [4.78, 5) is 28.7. The van der Waals surface area contributed by atoms with Crippen molar-refractivity contribution in [2.24, 2.45) is 0 Å². The van der Waals surface area contributed by atoms with Crippen LogP contribution < -0.4 is 14.4 Å². The maximum atomic E-state index is 14.1. The van der Waals surface area contributed by atoms with Crippen LogP contribution in [0.3, 0.4) is 0 Å². The van der Waals surface area contributed by atoms with Crippen molar-refractivity contribution in [3.63, 3.8) is 0 Å². The van der Waals surface area contributed by atoms with Gasteiger partial charge in [0.25, 0.3) is 5.91 Å². The number of amides is 1. The molecule has 40 heavy (non-hydrogen) atoms. The number of thioether (sulfide) groups is 2. The first-order valence-corrected chi connectivity index (χ1v) is 13.9. The summed E-state index contributed by atoms with van der Waals surface area (Å²) in [6.45, 7) is 1.67. The molecule has 2 aromatic rings. The number of nitriles is 3. The fourth-order valence-electron chi connectivity index (χ4n) is 3.79. The number of esters is 1. The van der Waals surface area contributed by atoms with Crippen molar-refractivity contribution < 1.29 is 23.8 Å². The van der Waals surface area contributed by atoms with Crippen LogP contribution in [0.4, 0.5) is 5.69 Å². The predicted molar refractivity (Wildman–Crippen MR) is 154 cm³/mol. The van der Waals surface area contributed by atoms with Gasteiger partial charge in [-0.05, 0) is 66.8 Å². The first-order chi connectivity index (χ1) is 19.4. The highest BCUT2D eigenvalue weighted by atomic mass is 32.2. The van der Waals surface area contributed by atoms with E-state index >= 15 is 0 Å². The SMILES string of the molecule is CCOC(=O)C(C#N)=C1SC(C(SC)=C(C=C(C#N)C#N)c2ccc(OC)cc2)C(=O)N1c1ccc(OC)cc1. The van der Waals surface area contributed by atoms with Crippen LogP contribution in [0.15, 0.2) is 75.7 Å². The van der Waals surface area contributed by atoms with Crippen LogP contribution in [0.2, 0.25) is 0 Å². The highest BCUT2D eigenvalue weighted by molar-refractivity contribution is 8.08. The Morgan fingerprint density at radius 1 is 1.00 bits per heavy atom. The molecule has 0 aromatic heterocycles. The third-order valence-corrected chi connectivity index (χ3v) is 7.99. The molecule has 3 rings (SSSR count). The molecule has 1 unspecified atom stereocenters. The largest absolute Gasteiger partial charge is 0.497 e. The minimum Gasteiger partial charge on any atom is -0.497 e. The lowest BCUT2D eigenvalue weighted by Crippen LogP contribution is -2.30. The van der Waals surface area contributed by atoms with E-state index in [1.165, 1.54) is 37.0 Å². The summed E-state index contributed by atoms with van der Waals surface area (Å²) in [6.07, 6.45) is 3.20. The fraction of sp³-hybridized carbons (Fsp3) is 0.207. The number of hydrogen-bond acceptors (Lipinski definition) is 10. The highest BCUT2D eigenvalue weighted by Crippen LogP contribution is 2.48. The van der Waals surface area contributed by atoms with Crippen molar-refractivity contribution in [3.05, 3.63) is 81.3 Å². The van der Waals surface area contributed by atoms with Crippen LogP contribution in [-0.4, -0.2) is 44.2 Å². The first kappa shape index (κ1) is 29.9. The van der Waals surface area contributed by atoms with Crippen molar-refractivity contribution in [1.29, 1.82) is 15.8 Å². The molecule has 202 valence electrons. The number of ether oxygens (including phenoxy) is 3. The number of anilines is 1. The molecule has 1 aliphatic heterocycles. The van der Waals surface area contributed by atoms with Gasteiger partial charge < -0.3 is 14.2 Å². The lowest BCUT2D eigenvalue weighted by molar-refractivity contribution is -0.138. The van der Waals surface area contributed by atoms with E-state index in [1.807, 2.05) is 18.2 Å². The van der Waals surface area contributed by atoms with Crippen molar-refractivity contribution >= 4 is 46.7 Å². The Morgan fingerprint density at radius 3 is 2.05 bits per heavy atom. The van der Waals surface area contributed by atoms with E-state index in [0.717, 1.165) is 11.8 Å². The summed E-state index contributed by atoms with van der Waals surface area (Å²) in [7, 11) is 3.05. The number of carbonyl (C=O) groups excluding carboxylic acids is 2. The minimum absolute atomic E-state index is 0.0509. The number of methoxy groups -OCH3 is 2. The van der Waals surface area contributed by atoms with Crippen LogP contribution in [0, 0.1) is 34.0 Å². The van der Waals surface area contributed by atoms with Gasteiger partial charge >= 0.3 is 5.97 Å². The van der Waals surface area contributed by atoms with E-state index in [0.29, 0.717) is 33.2 Å².